The van der Waals surface area contributed by atoms with Crippen LogP contribution in [-0.2, 0) is 0 Å². The van der Waals surface area contributed by atoms with E-state index in [2.05, 4.69) is 5.32 Å². The third-order valence-corrected chi connectivity index (χ3v) is 3.77. The van der Waals surface area contributed by atoms with Crippen LogP contribution in [0.4, 0.5) is 5.69 Å². The van der Waals surface area contributed by atoms with E-state index in [0.717, 1.165) is 6.42 Å². The fourth-order valence-corrected chi connectivity index (χ4v) is 2.43. The molecule has 0 radical (unpaired) electrons. The number of benzene rings is 2. The molecule has 1 heterocycles. The Hall–Kier alpha value is -3.28. The lowest BCUT2D eigenvalue weighted by molar-refractivity contribution is 0.102. The second-order valence-electron chi connectivity index (χ2n) is 5.68. The Morgan fingerprint density at radius 3 is 2.50 bits per heavy atom. The largest absolute Gasteiger partial charge is 0.497 e. The van der Waals surface area contributed by atoms with Gasteiger partial charge in [0.1, 0.15) is 22.6 Å². The highest BCUT2D eigenvalue weighted by Crippen LogP contribution is 2.21. The van der Waals surface area contributed by atoms with Gasteiger partial charge in [-0.3, -0.25) is 4.79 Å². The van der Waals surface area contributed by atoms with Crippen molar-refractivity contribution >= 4 is 22.6 Å². The van der Waals surface area contributed by atoms with Crippen molar-refractivity contribution in [3.63, 3.8) is 0 Å². The minimum Gasteiger partial charge on any atom is -0.497 e. The standard InChI is InChI=1S/C20H19NO5/c1-3-10-25-16-7-4-13-11-17(20(23)26-18(13)12-16)19(22)21-14-5-8-15(24-2)9-6-14/h4-9,11-12H,3,10H2,1-2H3,(H,21,22). The van der Waals surface area contributed by atoms with E-state index in [1.165, 1.54) is 6.07 Å². The van der Waals surface area contributed by atoms with Gasteiger partial charge in [0.25, 0.3) is 5.91 Å². The van der Waals surface area contributed by atoms with Crippen molar-refractivity contribution in [2.24, 2.45) is 0 Å². The summed E-state index contributed by atoms with van der Waals surface area (Å²) in [5.41, 5.74) is 0.176. The molecule has 0 aliphatic carbocycles. The van der Waals surface area contributed by atoms with Crippen LogP contribution in [0, 0.1) is 0 Å². The Morgan fingerprint density at radius 1 is 1.08 bits per heavy atom. The summed E-state index contributed by atoms with van der Waals surface area (Å²) < 4.78 is 15.9. The van der Waals surface area contributed by atoms with Gasteiger partial charge < -0.3 is 19.2 Å². The normalized spacial score (nSPS) is 10.5. The van der Waals surface area contributed by atoms with Crippen LogP contribution in [0.5, 0.6) is 11.5 Å². The van der Waals surface area contributed by atoms with Crippen molar-refractivity contribution in [3.05, 3.63) is 64.5 Å². The maximum atomic E-state index is 12.4. The Balaban J connectivity index is 1.85. The summed E-state index contributed by atoms with van der Waals surface area (Å²) in [6.45, 7) is 2.59. The first kappa shape index (κ1) is 17.5. The Morgan fingerprint density at radius 2 is 1.81 bits per heavy atom. The van der Waals surface area contributed by atoms with Gasteiger partial charge in [0.2, 0.25) is 0 Å². The number of hydrogen-bond acceptors (Lipinski definition) is 5. The van der Waals surface area contributed by atoms with Crippen molar-refractivity contribution in [1.29, 1.82) is 0 Å². The summed E-state index contributed by atoms with van der Waals surface area (Å²) in [5, 5.41) is 3.32. The highest BCUT2D eigenvalue weighted by Gasteiger charge is 2.14. The lowest BCUT2D eigenvalue weighted by Gasteiger charge is -2.07. The number of hydrogen-bond donors (Lipinski definition) is 1. The monoisotopic (exact) mass is 353 g/mol. The van der Waals surface area contributed by atoms with Gasteiger partial charge in [-0.15, -0.1) is 0 Å². The molecule has 26 heavy (non-hydrogen) atoms. The fraction of sp³-hybridized carbons (Fsp3) is 0.200. The van der Waals surface area contributed by atoms with E-state index in [0.29, 0.717) is 34.8 Å². The van der Waals surface area contributed by atoms with Crippen molar-refractivity contribution in [2.45, 2.75) is 13.3 Å². The molecule has 6 heteroatoms. The van der Waals surface area contributed by atoms with E-state index in [1.54, 1.807) is 49.6 Å². The van der Waals surface area contributed by atoms with Gasteiger partial charge in [-0.2, -0.15) is 0 Å². The van der Waals surface area contributed by atoms with Crippen molar-refractivity contribution in [2.75, 3.05) is 19.0 Å². The number of methoxy groups -OCH3 is 1. The number of nitrogens with one attached hydrogen (secondary N) is 1. The van der Waals surface area contributed by atoms with Crippen LogP contribution in [0.1, 0.15) is 23.7 Å². The molecule has 1 aromatic heterocycles. The number of fused-ring (bicyclic) bond motifs is 1. The van der Waals surface area contributed by atoms with Gasteiger partial charge in [-0.1, -0.05) is 6.92 Å². The SMILES string of the molecule is CCCOc1ccc2cc(C(=O)Nc3ccc(OC)cc3)c(=O)oc2c1. The first-order valence-corrected chi connectivity index (χ1v) is 8.27. The first-order valence-electron chi connectivity index (χ1n) is 8.27. The van der Waals surface area contributed by atoms with Gasteiger partial charge in [0.15, 0.2) is 0 Å². The van der Waals surface area contributed by atoms with Crippen LogP contribution in [0.2, 0.25) is 0 Å². The summed E-state index contributed by atoms with van der Waals surface area (Å²) in [4.78, 5) is 24.6. The topological polar surface area (TPSA) is 77.8 Å². The molecule has 0 bridgehead atoms. The van der Waals surface area contributed by atoms with Crippen molar-refractivity contribution in [1.82, 2.24) is 0 Å². The zero-order valence-electron chi connectivity index (χ0n) is 14.6. The third-order valence-electron chi connectivity index (χ3n) is 3.77. The van der Waals surface area contributed by atoms with Crippen LogP contribution >= 0.6 is 0 Å². The highest BCUT2D eigenvalue weighted by molar-refractivity contribution is 6.05. The first-order chi connectivity index (χ1) is 12.6. The number of anilines is 1. The molecule has 1 N–H and O–H groups in total. The number of amides is 1. The van der Waals surface area contributed by atoms with Crippen LogP contribution in [0.15, 0.2) is 57.7 Å². The average Bonchev–Trinajstić information content (AvgIpc) is 2.66. The average molecular weight is 353 g/mol. The Labute approximate surface area is 150 Å². The predicted molar refractivity (Wildman–Crippen MR) is 99.2 cm³/mol. The van der Waals surface area contributed by atoms with Gasteiger partial charge in [0, 0.05) is 17.1 Å². The van der Waals surface area contributed by atoms with E-state index >= 15 is 0 Å². The molecule has 0 aliphatic rings. The lowest BCUT2D eigenvalue weighted by Crippen LogP contribution is -2.20. The maximum absolute atomic E-state index is 12.4. The van der Waals surface area contributed by atoms with E-state index in [1.807, 2.05) is 6.92 Å². The number of carbonyl (C=O) groups excluding carboxylic acids is 1. The molecule has 6 nitrogen and oxygen atoms in total. The van der Waals surface area contributed by atoms with Crippen molar-refractivity contribution < 1.29 is 18.7 Å². The zero-order valence-corrected chi connectivity index (χ0v) is 14.6. The van der Waals surface area contributed by atoms with E-state index in [4.69, 9.17) is 13.9 Å². The molecule has 3 rings (SSSR count). The van der Waals surface area contributed by atoms with Crippen LogP contribution in [0.25, 0.3) is 11.0 Å². The quantitative estimate of drug-likeness (QED) is 0.681. The van der Waals surface area contributed by atoms with Gasteiger partial charge in [0.05, 0.1) is 13.7 Å². The molecule has 0 atom stereocenters. The fourth-order valence-electron chi connectivity index (χ4n) is 2.43. The highest BCUT2D eigenvalue weighted by atomic mass is 16.5. The maximum Gasteiger partial charge on any atom is 0.349 e. The van der Waals surface area contributed by atoms with E-state index < -0.39 is 11.5 Å². The van der Waals surface area contributed by atoms with Crippen LogP contribution in [-0.4, -0.2) is 19.6 Å². The molecular formula is C20H19NO5. The molecule has 0 spiro atoms. The smallest absolute Gasteiger partial charge is 0.349 e. The van der Waals surface area contributed by atoms with Crippen LogP contribution in [0.3, 0.4) is 0 Å². The predicted octanol–water partition coefficient (Wildman–Crippen LogP) is 3.84. The number of carbonyl (C=O) groups is 1. The molecule has 0 saturated heterocycles. The molecule has 1 amide bonds. The van der Waals surface area contributed by atoms with Crippen LogP contribution < -0.4 is 20.4 Å². The molecule has 2 aromatic carbocycles. The van der Waals surface area contributed by atoms with E-state index in [-0.39, 0.29) is 5.56 Å². The number of rotatable bonds is 6. The zero-order chi connectivity index (χ0) is 18.5. The molecule has 0 fully saturated rings. The summed E-state index contributed by atoms with van der Waals surface area (Å²) in [6.07, 6.45) is 0.881. The molecule has 3 aromatic rings. The molecule has 134 valence electrons. The lowest BCUT2D eigenvalue weighted by atomic mass is 10.1. The minimum atomic E-state index is -0.698. The second-order valence-corrected chi connectivity index (χ2v) is 5.68. The third kappa shape index (κ3) is 3.85. The van der Waals surface area contributed by atoms with Crippen molar-refractivity contribution in [3.8, 4) is 11.5 Å². The number of ether oxygens (including phenoxy) is 2. The summed E-state index contributed by atoms with van der Waals surface area (Å²) >= 11 is 0. The summed E-state index contributed by atoms with van der Waals surface area (Å²) in [7, 11) is 1.56. The Kier molecular flexibility index (Phi) is 5.22. The Bertz CT molecular complexity index is 976. The van der Waals surface area contributed by atoms with E-state index in [9.17, 15) is 9.59 Å². The van der Waals surface area contributed by atoms with Gasteiger partial charge >= 0.3 is 5.63 Å². The molecular weight excluding hydrogens is 334 g/mol. The van der Waals surface area contributed by atoms with Gasteiger partial charge in [-0.25, -0.2) is 4.79 Å². The van der Waals surface area contributed by atoms with Gasteiger partial charge in [-0.05, 0) is 48.9 Å². The molecule has 0 aliphatic heterocycles. The minimum absolute atomic E-state index is 0.0597. The molecule has 0 saturated carbocycles. The summed E-state index contributed by atoms with van der Waals surface area (Å²) in [6, 6.07) is 13.5. The molecule has 0 unspecified atom stereocenters. The second kappa shape index (κ2) is 7.74. The summed E-state index contributed by atoms with van der Waals surface area (Å²) in [5.74, 6) is 0.768.